The molecule has 0 saturated heterocycles. The van der Waals surface area contributed by atoms with Crippen molar-refractivity contribution in [3.63, 3.8) is 0 Å². The maximum atomic E-state index is 12.8. The van der Waals surface area contributed by atoms with Crippen LogP contribution in [0.3, 0.4) is 0 Å². The van der Waals surface area contributed by atoms with Gasteiger partial charge in [-0.2, -0.15) is 13.2 Å². The van der Waals surface area contributed by atoms with E-state index in [1.54, 1.807) is 11.8 Å². The Hall–Kier alpha value is -2.85. The van der Waals surface area contributed by atoms with Gasteiger partial charge in [-0.05, 0) is 36.6 Å². The first-order chi connectivity index (χ1) is 13.8. The normalized spacial score (nSPS) is 11.7. The van der Waals surface area contributed by atoms with Crippen LogP contribution in [0, 0.1) is 0 Å². The molecule has 0 unspecified atom stereocenters. The predicted octanol–water partition coefficient (Wildman–Crippen LogP) is 5.82. The van der Waals surface area contributed by atoms with Crippen molar-refractivity contribution in [2.75, 3.05) is 17.3 Å². The summed E-state index contributed by atoms with van der Waals surface area (Å²) >= 11 is 2.80. The van der Waals surface area contributed by atoms with Crippen molar-refractivity contribution < 1.29 is 13.2 Å². The van der Waals surface area contributed by atoms with Crippen LogP contribution < -0.4 is 11.1 Å². The third-order valence-electron chi connectivity index (χ3n) is 4.10. The van der Waals surface area contributed by atoms with Gasteiger partial charge in [-0.1, -0.05) is 29.5 Å². The number of aromatic nitrogens is 3. The molecule has 29 heavy (non-hydrogen) atoms. The van der Waals surface area contributed by atoms with Crippen LogP contribution in [0.15, 0.2) is 53.4 Å². The van der Waals surface area contributed by atoms with Gasteiger partial charge in [0.15, 0.2) is 21.6 Å². The number of alkyl halides is 3. The Balaban J connectivity index is 1.79. The summed E-state index contributed by atoms with van der Waals surface area (Å²) in [7, 11) is 0. The van der Waals surface area contributed by atoms with E-state index < -0.39 is 11.7 Å². The van der Waals surface area contributed by atoms with Gasteiger partial charge in [0, 0.05) is 16.1 Å². The third-order valence-corrected chi connectivity index (χ3v) is 5.67. The van der Waals surface area contributed by atoms with Crippen LogP contribution in [-0.2, 0) is 6.18 Å². The van der Waals surface area contributed by atoms with E-state index in [1.165, 1.54) is 23.5 Å². The van der Waals surface area contributed by atoms with Crippen molar-refractivity contribution in [1.82, 2.24) is 15.0 Å². The molecule has 4 rings (SSSR count). The van der Waals surface area contributed by atoms with Crippen LogP contribution in [0.25, 0.3) is 21.7 Å². The molecular weight excluding hydrogens is 419 g/mol. The molecule has 0 aliphatic heterocycles. The van der Waals surface area contributed by atoms with Gasteiger partial charge < -0.3 is 11.1 Å². The number of hydrogen-bond donors (Lipinski definition) is 2. The number of nitrogen functional groups attached to an aromatic ring is 1. The Morgan fingerprint density at radius 2 is 1.72 bits per heavy atom. The van der Waals surface area contributed by atoms with Crippen molar-refractivity contribution in [3.05, 3.63) is 54.1 Å². The van der Waals surface area contributed by atoms with E-state index >= 15 is 0 Å². The lowest BCUT2D eigenvalue weighted by molar-refractivity contribution is -0.137. The van der Waals surface area contributed by atoms with Gasteiger partial charge in [0.25, 0.3) is 0 Å². The minimum Gasteiger partial charge on any atom is -0.375 e. The largest absolute Gasteiger partial charge is 0.416 e. The molecule has 0 spiro atoms. The lowest BCUT2D eigenvalue weighted by atomic mass is 10.2. The second-order valence-corrected chi connectivity index (χ2v) is 7.86. The van der Waals surface area contributed by atoms with E-state index in [9.17, 15) is 13.2 Å². The average Bonchev–Trinajstić information content (AvgIpc) is 3.08. The molecular formula is C19H14F3N5S2. The molecule has 2 aromatic heterocycles. The van der Waals surface area contributed by atoms with Crippen LogP contribution in [0.5, 0.6) is 0 Å². The molecule has 0 aliphatic carbocycles. The number of thioether (sulfide) groups is 1. The smallest absolute Gasteiger partial charge is 0.375 e. The molecule has 0 fully saturated rings. The topological polar surface area (TPSA) is 76.7 Å². The highest BCUT2D eigenvalue weighted by Crippen LogP contribution is 2.35. The Morgan fingerprint density at radius 1 is 1.00 bits per heavy atom. The van der Waals surface area contributed by atoms with E-state index in [0.29, 0.717) is 32.8 Å². The second kappa shape index (κ2) is 7.53. The molecule has 10 heteroatoms. The van der Waals surface area contributed by atoms with Crippen molar-refractivity contribution in [1.29, 1.82) is 0 Å². The van der Waals surface area contributed by atoms with Crippen LogP contribution in [-0.4, -0.2) is 21.2 Å². The van der Waals surface area contributed by atoms with Gasteiger partial charge in [-0.3, -0.25) is 0 Å². The Labute approximate surface area is 172 Å². The van der Waals surface area contributed by atoms with Crippen molar-refractivity contribution >= 4 is 50.1 Å². The number of anilines is 3. The first kappa shape index (κ1) is 19.5. The van der Waals surface area contributed by atoms with Crippen LogP contribution in [0.1, 0.15) is 5.56 Å². The molecule has 3 N–H and O–H groups in total. The fourth-order valence-corrected chi connectivity index (χ4v) is 4.05. The number of nitrogens with one attached hydrogen (secondary N) is 1. The summed E-state index contributed by atoms with van der Waals surface area (Å²) in [5.74, 6) is 0.870. The highest BCUT2D eigenvalue weighted by atomic mass is 32.2. The van der Waals surface area contributed by atoms with E-state index in [2.05, 4.69) is 20.3 Å². The molecule has 2 aromatic carbocycles. The fourth-order valence-electron chi connectivity index (χ4n) is 2.75. The van der Waals surface area contributed by atoms with Gasteiger partial charge in [-0.15, -0.1) is 11.8 Å². The molecule has 148 valence electrons. The Bertz CT molecular complexity index is 1170. The lowest BCUT2D eigenvalue weighted by Crippen LogP contribution is -2.05. The molecule has 4 aromatic rings. The van der Waals surface area contributed by atoms with Gasteiger partial charge in [-0.25, -0.2) is 15.0 Å². The minimum atomic E-state index is -4.39. The Kier molecular flexibility index (Phi) is 5.05. The van der Waals surface area contributed by atoms with Gasteiger partial charge >= 0.3 is 6.18 Å². The van der Waals surface area contributed by atoms with Gasteiger partial charge in [0.2, 0.25) is 0 Å². The molecule has 0 saturated carbocycles. The molecule has 0 radical (unpaired) electrons. The number of thiazole rings is 1. The number of nitrogens with two attached hydrogens (primary N) is 1. The number of halogens is 3. The van der Waals surface area contributed by atoms with Crippen LogP contribution in [0.4, 0.5) is 29.8 Å². The zero-order valence-corrected chi connectivity index (χ0v) is 16.6. The molecule has 2 heterocycles. The molecule has 0 atom stereocenters. The molecule has 0 aliphatic rings. The number of hydrogen-bond acceptors (Lipinski definition) is 7. The minimum absolute atomic E-state index is 0.333. The van der Waals surface area contributed by atoms with E-state index in [4.69, 9.17) is 5.73 Å². The zero-order valence-electron chi connectivity index (χ0n) is 15.0. The number of rotatable bonds is 4. The number of nitrogens with zero attached hydrogens (tertiary/aromatic N) is 3. The quantitative estimate of drug-likeness (QED) is 0.395. The third kappa shape index (κ3) is 3.99. The van der Waals surface area contributed by atoms with Crippen LogP contribution >= 0.6 is 23.1 Å². The predicted molar refractivity (Wildman–Crippen MR) is 112 cm³/mol. The van der Waals surface area contributed by atoms with Crippen molar-refractivity contribution in [2.45, 2.75) is 11.1 Å². The van der Waals surface area contributed by atoms with E-state index in [1.807, 2.05) is 30.5 Å². The number of benzene rings is 2. The summed E-state index contributed by atoms with van der Waals surface area (Å²) in [5, 5.41) is 3.38. The number of fused-ring (bicyclic) bond motifs is 1. The highest BCUT2D eigenvalue weighted by molar-refractivity contribution is 7.98. The molecule has 5 nitrogen and oxygen atoms in total. The summed E-state index contributed by atoms with van der Waals surface area (Å²) in [6.45, 7) is 0. The SMILES string of the molecule is CSc1ccccc1-c1nc(Nc2ccc(C(F)(F)F)cc2)c2nc(N)sc2n1. The van der Waals surface area contributed by atoms with E-state index in [-0.39, 0.29) is 0 Å². The van der Waals surface area contributed by atoms with Crippen molar-refractivity contribution in [2.24, 2.45) is 0 Å². The standard InChI is InChI=1S/C19H14F3N5S2/c1-28-13-5-3-2-4-12(13)15-26-16(14-17(27-15)29-18(23)25-14)24-11-8-6-10(7-9-11)19(20,21)22/h2-9H,1H3,(H2,23,25)(H,24,26,27). The average molecular weight is 433 g/mol. The van der Waals surface area contributed by atoms with Gasteiger partial charge in [0.1, 0.15) is 5.52 Å². The second-order valence-electron chi connectivity index (χ2n) is 6.00. The summed E-state index contributed by atoms with van der Waals surface area (Å²) < 4.78 is 38.4. The maximum Gasteiger partial charge on any atom is 0.416 e. The van der Waals surface area contributed by atoms with E-state index in [0.717, 1.165) is 22.6 Å². The first-order valence-corrected chi connectivity index (χ1v) is 10.4. The summed E-state index contributed by atoms with van der Waals surface area (Å²) in [4.78, 5) is 15.0. The van der Waals surface area contributed by atoms with Crippen molar-refractivity contribution in [3.8, 4) is 11.4 Å². The summed E-state index contributed by atoms with van der Waals surface area (Å²) in [6.07, 6.45) is -2.43. The Morgan fingerprint density at radius 3 is 2.41 bits per heavy atom. The lowest BCUT2D eigenvalue weighted by Gasteiger charge is -2.11. The van der Waals surface area contributed by atoms with Crippen LogP contribution in [0.2, 0.25) is 0 Å². The zero-order chi connectivity index (χ0) is 20.6. The fraction of sp³-hybridized carbons (Fsp3) is 0.105. The van der Waals surface area contributed by atoms with Gasteiger partial charge in [0.05, 0.1) is 5.56 Å². The maximum absolute atomic E-state index is 12.8. The summed E-state index contributed by atoms with van der Waals surface area (Å²) in [5.41, 5.74) is 6.90. The highest BCUT2D eigenvalue weighted by Gasteiger charge is 2.30. The monoisotopic (exact) mass is 433 g/mol. The summed E-state index contributed by atoms with van der Waals surface area (Å²) in [6, 6.07) is 12.4. The molecule has 0 bridgehead atoms. The first-order valence-electron chi connectivity index (χ1n) is 8.37. The molecule has 0 amide bonds.